The number of carbonyl (C=O) groups is 2. The summed E-state index contributed by atoms with van der Waals surface area (Å²) >= 11 is 0. The maximum absolute atomic E-state index is 13.6. The quantitative estimate of drug-likeness (QED) is 0.551. The van der Waals surface area contributed by atoms with Crippen molar-refractivity contribution in [3.8, 4) is 0 Å². The molecule has 26 heavy (non-hydrogen) atoms. The number of aromatic nitrogens is 1. The minimum atomic E-state index is -0.585. The number of rotatable bonds is 5. The summed E-state index contributed by atoms with van der Waals surface area (Å²) in [5.74, 6) is -1.29. The molecule has 128 valence electrons. The highest BCUT2D eigenvalue weighted by molar-refractivity contribution is 6.08. The molecule has 3 aromatic rings. The summed E-state index contributed by atoms with van der Waals surface area (Å²) in [7, 11) is 0. The normalized spacial score (nSPS) is 10.7. The van der Waals surface area contributed by atoms with E-state index in [1.54, 1.807) is 60.9 Å². The van der Waals surface area contributed by atoms with Gasteiger partial charge < -0.3 is 5.32 Å². The van der Waals surface area contributed by atoms with Crippen LogP contribution >= 0.6 is 0 Å². The van der Waals surface area contributed by atoms with Crippen molar-refractivity contribution in [1.29, 1.82) is 0 Å². The zero-order chi connectivity index (χ0) is 18.4. The van der Waals surface area contributed by atoms with Crippen molar-refractivity contribution in [1.82, 2.24) is 4.98 Å². The molecule has 0 saturated carbocycles. The number of anilines is 1. The van der Waals surface area contributed by atoms with E-state index in [0.29, 0.717) is 11.3 Å². The van der Waals surface area contributed by atoms with Crippen molar-refractivity contribution in [3.63, 3.8) is 0 Å². The second-order valence-electron chi connectivity index (χ2n) is 5.49. The van der Waals surface area contributed by atoms with E-state index in [1.165, 1.54) is 24.3 Å². The van der Waals surface area contributed by atoms with E-state index in [1.807, 2.05) is 0 Å². The smallest absolute Gasteiger partial charge is 0.258 e. The fourth-order valence-electron chi connectivity index (χ4n) is 2.30. The van der Waals surface area contributed by atoms with E-state index in [2.05, 4.69) is 10.3 Å². The third kappa shape index (κ3) is 4.27. The lowest BCUT2D eigenvalue weighted by Crippen LogP contribution is -2.13. The van der Waals surface area contributed by atoms with Crippen LogP contribution in [0.5, 0.6) is 0 Å². The van der Waals surface area contributed by atoms with E-state index in [4.69, 9.17) is 0 Å². The average molecular weight is 346 g/mol. The molecule has 0 aliphatic rings. The van der Waals surface area contributed by atoms with Crippen LogP contribution in [0.1, 0.15) is 26.3 Å². The first-order valence-corrected chi connectivity index (χ1v) is 7.92. The van der Waals surface area contributed by atoms with Crippen LogP contribution in [0, 0.1) is 5.82 Å². The summed E-state index contributed by atoms with van der Waals surface area (Å²) in [6.07, 6.45) is 6.48. The number of hydrogen-bond donors (Lipinski definition) is 1. The third-order valence-electron chi connectivity index (χ3n) is 3.68. The van der Waals surface area contributed by atoms with E-state index in [9.17, 15) is 14.0 Å². The molecule has 0 aliphatic carbocycles. The van der Waals surface area contributed by atoms with Crippen LogP contribution in [-0.4, -0.2) is 16.7 Å². The number of nitrogens with zero attached hydrogens (tertiary/aromatic N) is 1. The summed E-state index contributed by atoms with van der Waals surface area (Å²) in [4.78, 5) is 28.2. The van der Waals surface area contributed by atoms with Gasteiger partial charge in [-0.2, -0.15) is 0 Å². The lowest BCUT2D eigenvalue weighted by atomic mass is 10.1. The molecule has 0 radical (unpaired) electrons. The van der Waals surface area contributed by atoms with Crippen LogP contribution in [-0.2, 0) is 0 Å². The van der Waals surface area contributed by atoms with Crippen molar-refractivity contribution in [2.24, 2.45) is 0 Å². The standard InChI is InChI=1S/C21H15FN2O2/c22-19-4-2-1-3-18(19)21(26)24-17-8-6-16(7-9-17)20(25)10-5-15-11-13-23-14-12-15/h1-14H,(H,24,26). The summed E-state index contributed by atoms with van der Waals surface area (Å²) in [6.45, 7) is 0. The molecule has 2 aromatic carbocycles. The lowest BCUT2D eigenvalue weighted by Gasteiger charge is -2.06. The van der Waals surface area contributed by atoms with Gasteiger partial charge in [-0.05, 0) is 60.2 Å². The first-order chi connectivity index (χ1) is 12.6. The van der Waals surface area contributed by atoms with Crippen LogP contribution in [0.2, 0.25) is 0 Å². The molecule has 0 aliphatic heterocycles. The Balaban J connectivity index is 1.67. The van der Waals surface area contributed by atoms with Gasteiger partial charge >= 0.3 is 0 Å². The van der Waals surface area contributed by atoms with E-state index < -0.39 is 11.7 Å². The van der Waals surface area contributed by atoms with Crippen molar-refractivity contribution < 1.29 is 14.0 Å². The topological polar surface area (TPSA) is 59.1 Å². The monoisotopic (exact) mass is 346 g/mol. The summed E-state index contributed by atoms with van der Waals surface area (Å²) < 4.78 is 13.6. The molecule has 0 fully saturated rings. The van der Waals surface area contributed by atoms with E-state index in [0.717, 1.165) is 5.56 Å². The number of amides is 1. The number of nitrogens with one attached hydrogen (secondary N) is 1. The maximum atomic E-state index is 13.6. The highest BCUT2D eigenvalue weighted by atomic mass is 19.1. The largest absolute Gasteiger partial charge is 0.322 e. The van der Waals surface area contributed by atoms with E-state index >= 15 is 0 Å². The Labute approximate surface area is 150 Å². The summed E-state index contributed by atoms with van der Waals surface area (Å²) in [6, 6.07) is 15.8. The second-order valence-corrected chi connectivity index (χ2v) is 5.49. The maximum Gasteiger partial charge on any atom is 0.258 e. The van der Waals surface area contributed by atoms with Crippen molar-refractivity contribution in [2.45, 2.75) is 0 Å². The van der Waals surface area contributed by atoms with Gasteiger partial charge in [-0.1, -0.05) is 18.2 Å². The molecule has 1 heterocycles. The lowest BCUT2D eigenvalue weighted by molar-refractivity contribution is 0.102. The molecule has 3 rings (SSSR count). The zero-order valence-corrected chi connectivity index (χ0v) is 13.7. The van der Waals surface area contributed by atoms with E-state index in [-0.39, 0.29) is 11.3 Å². The molecule has 0 saturated heterocycles. The minimum absolute atomic E-state index is 0.0343. The number of allylic oxidation sites excluding steroid dienone is 1. The fourth-order valence-corrected chi connectivity index (χ4v) is 2.30. The highest BCUT2D eigenvalue weighted by Gasteiger charge is 2.11. The molecule has 0 spiro atoms. The zero-order valence-electron chi connectivity index (χ0n) is 13.7. The summed E-state index contributed by atoms with van der Waals surface area (Å²) in [5, 5.41) is 2.61. The predicted molar refractivity (Wildman–Crippen MR) is 98.4 cm³/mol. The van der Waals surface area contributed by atoms with Gasteiger partial charge in [-0.15, -0.1) is 0 Å². The molecular formula is C21H15FN2O2. The van der Waals surface area contributed by atoms with Crippen LogP contribution in [0.15, 0.2) is 79.1 Å². The Kier molecular flexibility index (Phi) is 5.29. The molecule has 0 unspecified atom stereocenters. The number of hydrogen-bond acceptors (Lipinski definition) is 3. The average Bonchev–Trinajstić information content (AvgIpc) is 2.68. The third-order valence-corrected chi connectivity index (χ3v) is 3.68. The molecule has 1 amide bonds. The number of carbonyl (C=O) groups excluding carboxylic acids is 2. The second kappa shape index (κ2) is 7.98. The Morgan fingerprint density at radius 3 is 2.31 bits per heavy atom. The number of ketones is 1. The Morgan fingerprint density at radius 1 is 0.923 bits per heavy atom. The van der Waals surface area contributed by atoms with Gasteiger partial charge in [0.05, 0.1) is 5.56 Å². The van der Waals surface area contributed by atoms with Gasteiger partial charge in [0.25, 0.3) is 5.91 Å². The number of pyridine rings is 1. The Bertz CT molecular complexity index is 951. The molecule has 0 atom stereocenters. The van der Waals surface area contributed by atoms with Gasteiger partial charge in [0.15, 0.2) is 5.78 Å². The molecule has 1 N–H and O–H groups in total. The van der Waals surface area contributed by atoms with Crippen LogP contribution < -0.4 is 5.32 Å². The Hall–Kier alpha value is -3.60. The SMILES string of the molecule is O=C(C=Cc1ccncc1)c1ccc(NC(=O)c2ccccc2F)cc1. The van der Waals surface area contributed by atoms with Gasteiger partial charge in [0, 0.05) is 23.6 Å². The van der Waals surface area contributed by atoms with Crippen molar-refractivity contribution in [3.05, 3.63) is 102 Å². The van der Waals surface area contributed by atoms with Crippen LogP contribution in [0.4, 0.5) is 10.1 Å². The molecule has 1 aromatic heterocycles. The first kappa shape index (κ1) is 17.2. The van der Waals surface area contributed by atoms with Crippen LogP contribution in [0.3, 0.4) is 0 Å². The van der Waals surface area contributed by atoms with Crippen LogP contribution in [0.25, 0.3) is 6.08 Å². The predicted octanol–water partition coefficient (Wildman–Crippen LogP) is 4.37. The highest BCUT2D eigenvalue weighted by Crippen LogP contribution is 2.14. The molecule has 0 bridgehead atoms. The molecular weight excluding hydrogens is 331 g/mol. The Morgan fingerprint density at radius 2 is 1.62 bits per heavy atom. The molecule has 5 heteroatoms. The fraction of sp³-hybridized carbons (Fsp3) is 0. The number of benzene rings is 2. The van der Waals surface area contributed by atoms with Gasteiger partial charge in [-0.25, -0.2) is 4.39 Å². The van der Waals surface area contributed by atoms with Gasteiger partial charge in [0.1, 0.15) is 5.82 Å². The van der Waals surface area contributed by atoms with Crippen molar-refractivity contribution >= 4 is 23.5 Å². The number of halogens is 1. The minimum Gasteiger partial charge on any atom is -0.322 e. The summed E-state index contributed by atoms with van der Waals surface area (Å²) in [5.41, 5.74) is 1.81. The van der Waals surface area contributed by atoms with Gasteiger partial charge in [-0.3, -0.25) is 14.6 Å². The van der Waals surface area contributed by atoms with Crippen molar-refractivity contribution in [2.75, 3.05) is 5.32 Å². The first-order valence-electron chi connectivity index (χ1n) is 7.92. The molecule has 4 nitrogen and oxygen atoms in total. The van der Waals surface area contributed by atoms with Gasteiger partial charge in [0.2, 0.25) is 0 Å².